The van der Waals surface area contributed by atoms with E-state index in [1.165, 1.54) is 5.56 Å². The second kappa shape index (κ2) is 5.87. The van der Waals surface area contributed by atoms with Crippen LogP contribution < -0.4 is 5.32 Å². The van der Waals surface area contributed by atoms with Gasteiger partial charge < -0.3 is 5.32 Å². The van der Waals surface area contributed by atoms with Gasteiger partial charge in [0.1, 0.15) is 5.82 Å². The molecule has 0 heterocycles. The van der Waals surface area contributed by atoms with Gasteiger partial charge in [-0.25, -0.2) is 4.39 Å². The van der Waals surface area contributed by atoms with Crippen molar-refractivity contribution in [1.82, 2.24) is 0 Å². The van der Waals surface area contributed by atoms with Crippen LogP contribution in [0.25, 0.3) is 0 Å². The third-order valence-corrected chi connectivity index (χ3v) is 3.47. The number of para-hydroxylation sites is 1. The van der Waals surface area contributed by atoms with E-state index in [9.17, 15) is 4.39 Å². The second-order valence-corrected chi connectivity index (χ2v) is 4.89. The highest BCUT2D eigenvalue weighted by Gasteiger charge is 2.09. The molecular weight excluding hydrogens is 237 g/mol. The van der Waals surface area contributed by atoms with Gasteiger partial charge in [-0.3, -0.25) is 0 Å². The summed E-state index contributed by atoms with van der Waals surface area (Å²) in [6, 6.07) is 13.7. The van der Waals surface area contributed by atoms with Crippen LogP contribution in [0.4, 0.5) is 10.1 Å². The minimum atomic E-state index is -0.144. The predicted octanol–water partition coefficient (Wildman–Crippen LogP) is 4.87. The minimum Gasteiger partial charge on any atom is -0.378 e. The molecule has 2 aromatic rings. The SMILES string of the molecule is CCc1ccccc1NC(C)c1ccc(C)c(F)c1. The molecule has 0 aliphatic rings. The zero-order valence-electron chi connectivity index (χ0n) is 11.7. The van der Waals surface area contributed by atoms with Crippen molar-refractivity contribution in [3.8, 4) is 0 Å². The largest absolute Gasteiger partial charge is 0.378 e. The number of anilines is 1. The van der Waals surface area contributed by atoms with Gasteiger partial charge in [0, 0.05) is 11.7 Å². The first kappa shape index (κ1) is 13.6. The van der Waals surface area contributed by atoms with Crippen LogP contribution in [-0.4, -0.2) is 0 Å². The molecule has 0 saturated carbocycles. The van der Waals surface area contributed by atoms with Crippen molar-refractivity contribution < 1.29 is 4.39 Å². The Kier molecular flexibility index (Phi) is 4.20. The summed E-state index contributed by atoms with van der Waals surface area (Å²) in [7, 11) is 0. The van der Waals surface area contributed by atoms with E-state index >= 15 is 0 Å². The van der Waals surface area contributed by atoms with Gasteiger partial charge in [0.2, 0.25) is 0 Å². The molecule has 0 bridgehead atoms. The minimum absolute atomic E-state index is 0.0859. The number of hydrogen-bond acceptors (Lipinski definition) is 1. The number of halogens is 1. The van der Waals surface area contributed by atoms with E-state index in [1.807, 2.05) is 24.3 Å². The third kappa shape index (κ3) is 3.14. The highest BCUT2D eigenvalue weighted by molar-refractivity contribution is 5.52. The normalized spacial score (nSPS) is 12.2. The Labute approximate surface area is 114 Å². The Morgan fingerprint density at radius 1 is 1.16 bits per heavy atom. The van der Waals surface area contributed by atoms with Crippen molar-refractivity contribution in [3.63, 3.8) is 0 Å². The van der Waals surface area contributed by atoms with Gasteiger partial charge in [0.15, 0.2) is 0 Å². The Bertz CT molecular complexity index is 563. The van der Waals surface area contributed by atoms with Crippen LogP contribution in [0, 0.1) is 12.7 Å². The molecule has 2 aromatic carbocycles. The molecule has 1 nitrogen and oxygen atoms in total. The summed E-state index contributed by atoms with van der Waals surface area (Å²) in [6.45, 7) is 5.97. The molecule has 1 atom stereocenters. The molecule has 0 saturated heterocycles. The maximum atomic E-state index is 13.6. The number of hydrogen-bond donors (Lipinski definition) is 1. The second-order valence-electron chi connectivity index (χ2n) is 4.89. The Balaban J connectivity index is 2.20. The molecule has 1 unspecified atom stereocenters. The van der Waals surface area contributed by atoms with Gasteiger partial charge in [-0.15, -0.1) is 0 Å². The van der Waals surface area contributed by atoms with Crippen molar-refractivity contribution in [2.75, 3.05) is 5.32 Å². The van der Waals surface area contributed by atoms with Crippen molar-refractivity contribution >= 4 is 5.69 Å². The molecule has 0 spiro atoms. The first-order chi connectivity index (χ1) is 9.11. The molecule has 0 aromatic heterocycles. The highest BCUT2D eigenvalue weighted by Crippen LogP contribution is 2.23. The quantitative estimate of drug-likeness (QED) is 0.824. The Hall–Kier alpha value is -1.83. The fourth-order valence-corrected chi connectivity index (χ4v) is 2.16. The summed E-state index contributed by atoms with van der Waals surface area (Å²) in [4.78, 5) is 0. The first-order valence-corrected chi connectivity index (χ1v) is 6.72. The molecule has 19 heavy (non-hydrogen) atoms. The summed E-state index contributed by atoms with van der Waals surface area (Å²) in [6.07, 6.45) is 0.984. The summed E-state index contributed by atoms with van der Waals surface area (Å²) >= 11 is 0. The van der Waals surface area contributed by atoms with Crippen molar-refractivity contribution in [3.05, 3.63) is 65.0 Å². The lowest BCUT2D eigenvalue weighted by molar-refractivity contribution is 0.614. The summed E-state index contributed by atoms with van der Waals surface area (Å²) in [5, 5.41) is 3.46. The maximum absolute atomic E-state index is 13.6. The summed E-state index contributed by atoms with van der Waals surface area (Å²) in [5.41, 5.74) is 4.05. The summed E-state index contributed by atoms with van der Waals surface area (Å²) < 4.78 is 13.6. The van der Waals surface area contributed by atoms with E-state index in [0.717, 1.165) is 17.7 Å². The van der Waals surface area contributed by atoms with Crippen LogP contribution in [0.3, 0.4) is 0 Å². The monoisotopic (exact) mass is 257 g/mol. The van der Waals surface area contributed by atoms with E-state index in [-0.39, 0.29) is 11.9 Å². The first-order valence-electron chi connectivity index (χ1n) is 6.72. The van der Waals surface area contributed by atoms with Crippen LogP contribution in [0.5, 0.6) is 0 Å². The average molecular weight is 257 g/mol. The topological polar surface area (TPSA) is 12.0 Å². The van der Waals surface area contributed by atoms with E-state index in [0.29, 0.717) is 5.56 Å². The van der Waals surface area contributed by atoms with Gasteiger partial charge >= 0.3 is 0 Å². The molecule has 2 rings (SSSR count). The lowest BCUT2D eigenvalue weighted by Gasteiger charge is -2.18. The molecule has 0 aliphatic heterocycles. The van der Waals surface area contributed by atoms with Gasteiger partial charge in [-0.2, -0.15) is 0 Å². The van der Waals surface area contributed by atoms with Gasteiger partial charge in [0.05, 0.1) is 0 Å². The molecular formula is C17H20FN. The average Bonchev–Trinajstić information content (AvgIpc) is 2.42. The molecule has 0 amide bonds. The number of rotatable bonds is 4. The fourth-order valence-electron chi connectivity index (χ4n) is 2.16. The van der Waals surface area contributed by atoms with Gasteiger partial charge in [0.25, 0.3) is 0 Å². The fraction of sp³-hybridized carbons (Fsp3) is 0.294. The molecule has 100 valence electrons. The zero-order chi connectivity index (χ0) is 13.8. The van der Waals surface area contributed by atoms with Crippen LogP contribution in [0.2, 0.25) is 0 Å². The maximum Gasteiger partial charge on any atom is 0.126 e. The van der Waals surface area contributed by atoms with Gasteiger partial charge in [-0.1, -0.05) is 37.3 Å². The Morgan fingerprint density at radius 2 is 1.89 bits per heavy atom. The van der Waals surface area contributed by atoms with E-state index in [1.54, 1.807) is 13.0 Å². The highest BCUT2D eigenvalue weighted by atomic mass is 19.1. The molecule has 0 aliphatic carbocycles. The van der Waals surface area contributed by atoms with Gasteiger partial charge in [-0.05, 0) is 49.1 Å². The van der Waals surface area contributed by atoms with Crippen LogP contribution in [0.15, 0.2) is 42.5 Å². The molecule has 1 N–H and O–H groups in total. The smallest absolute Gasteiger partial charge is 0.126 e. The lowest BCUT2D eigenvalue weighted by atomic mass is 10.0. The van der Waals surface area contributed by atoms with Crippen LogP contribution >= 0.6 is 0 Å². The van der Waals surface area contributed by atoms with Crippen molar-refractivity contribution in [2.24, 2.45) is 0 Å². The van der Waals surface area contributed by atoms with Crippen molar-refractivity contribution in [2.45, 2.75) is 33.2 Å². The number of nitrogens with one attached hydrogen (secondary N) is 1. The van der Waals surface area contributed by atoms with E-state index in [2.05, 4.69) is 31.3 Å². The third-order valence-electron chi connectivity index (χ3n) is 3.47. The molecule has 0 radical (unpaired) electrons. The zero-order valence-corrected chi connectivity index (χ0v) is 11.7. The lowest BCUT2D eigenvalue weighted by Crippen LogP contribution is -2.08. The Morgan fingerprint density at radius 3 is 2.58 bits per heavy atom. The molecule has 0 fully saturated rings. The van der Waals surface area contributed by atoms with E-state index in [4.69, 9.17) is 0 Å². The summed E-state index contributed by atoms with van der Waals surface area (Å²) in [5.74, 6) is -0.144. The van der Waals surface area contributed by atoms with E-state index < -0.39 is 0 Å². The molecule has 2 heteroatoms. The number of benzene rings is 2. The predicted molar refractivity (Wildman–Crippen MR) is 79.0 cm³/mol. The number of aryl methyl sites for hydroxylation is 2. The standard InChI is InChI=1S/C17H20FN/c1-4-14-7-5-6-8-17(14)19-13(3)15-10-9-12(2)16(18)11-15/h5-11,13,19H,4H2,1-3H3. The van der Waals surface area contributed by atoms with Crippen LogP contribution in [-0.2, 0) is 6.42 Å². The van der Waals surface area contributed by atoms with Crippen molar-refractivity contribution in [1.29, 1.82) is 0 Å². The van der Waals surface area contributed by atoms with Crippen LogP contribution in [0.1, 0.15) is 36.6 Å².